The summed E-state index contributed by atoms with van der Waals surface area (Å²) in [6.07, 6.45) is 2.07. The topological polar surface area (TPSA) is 58.9 Å². The predicted octanol–water partition coefficient (Wildman–Crippen LogP) is -0.0976. The Morgan fingerprint density at radius 3 is 2.46 bits per heavy atom. The van der Waals surface area contributed by atoms with E-state index in [4.69, 9.17) is 19.5 Å². The fraction of sp³-hybridized carbons (Fsp3) is 1.00. The molecule has 4 nitrogen and oxygen atoms in total. The van der Waals surface area contributed by atoms with Crippen molar-refractivity contribution in [2.24, 2.45) is 5.41 Å². The zero-order valence-corrected chi connectivity index (χ0v) is 8.03. The minimum absolute atomic E-state index is 0.0961. The van der Waals surface area contributed by atoms with Gasteiger partial charge in [0.1, 0.15) is 0 Å². The molecule has 5 heteroatoms. The maximum absolute atomic E-state index is 8.96. The molecule has 0 radical (unpaired) electrons. The maximum atomic E-state index is 8.96. The number of hydrogen-bond donors (Lipinski definition) is 2. The molecule has 0 amide bonds. The molecule has 0 aromatic rings. The van der Waals surface area contributed by atoms with Crippen LogP contribution in [0.4, 0.5) is 0 Å². The zero-order valence-electron chi connectivity index (χ0n) is 8.03. The highest BCUT2D eigenvalue weighted by Crippen LogP contribution is 2.35. The highest BCUT2D eigenvalue weighted by molar-refractivity contribution is 6.41. The van der Waals surface area contributed by atoms with Crippen molar-refractivity contribution in [2.45, 2.75) is 19.2 Å². The van der Waals surface area contributed by atoms with Crippen molar-refractivity contribution in [2.75, 3.05) is 26.9 Å². The van der Waals surface area contributed by atoms with Gasteiger partial charge in [-0.1, -0.05) is 0 Å². The van der Waals surface area contributed by atoms with Crippen LogP contribution >= 0.6 is 0 Å². The molecular formula is C8H17BO4. The lowest BCUT2D eigenvalue weighted by Gasteiger charge is -2.36. The summed E-state index contributed by atoms with van der Waals surface area (Å²) in [5, 5.41) is 17.9. The third-order valence-corrected chi connectivity index (χ3v) is 2.62. The van der Waals surface area contributed by atoms with Crippen molar-refractivity contribution >= 4 is 7.12 Å². The summed E-state index contributed by atoms with van der Waals surface area (Å²) in [6, 6.07) is 0. The highest BCUT2D eigenvalue weighted by atomic mass is 16.5. The lowest BCUT2D eigenvalue weighted by molar-refractivity contribution is -0.0200. The largest absolute Gasteiger partial charge is 0.452 e. The van der Waals surface area contributed by atoms with Crippen molar-refractivity contribution in [3.05, 3.63) is 0 Å². The average molecular weight is 188 g/mol. The van der Waals surface area contributed by atoms with Gasteiger partial charge in [0.05, 0.1) is 6.61 Å². The standard InChI is InChI=1S/C8H17BO4/c1-12-7-8(6-9(10)11)2-4-13-5-3-8/h10-11H,2-7H2,1H3. The van der Waals surface area contributed by atoms with Crippen LogP contribution in [-0.2, 0) is 9.47 Å². The summed E-state index contributed by atoms with van der Waals surface area (Å²) < 4.78 is 10.3. The Balaban J connectivity index is 2.50. The fourth-order valence-corrected chi connectivity index (χ4v) is 1.91. The van der Waals surface area contributed by atoms with Gasteiger partial charge in [-0.05, 0) is 24.6 Å². The Kier molecular flexibility index (Phi) is 4.19. The van der Waals surface area contributed by atoms with Gasteiger partial charge in [-0.25, -0.2) is 0 Å². The Bertz CT molecular complexity index is 140. The first-order valence-electron chi connectivity index (χ1n) is 4.61. The van der Waals surface area contributed by atoms with Gasteiger partial charge in [0.2, 0.25) is 0 Å². The fourth-order valence-electron chi connectivity index (χ4n) is 1.91. The molecule has 1 fully saturated rings. The first kappa shape index (κ1) is 11.0. The molecule has 1 heterocycles. The van der Waals surface area contributed by atoms with E-state index in [1.165, 1.54) is 0 Å². The summed E-state index contributed by atoms with van der Waals surface area (Å²) in [4.78, 5) is 0. The second kappa shape index (κ2) is 4.95. The summed E-state index contributed by atoms with van der Waals surface area (Å²) in [6.45, 7) is 1.96. The van der Waals surface area contributed by atoms with E-state index in [0.29, 0.717) is 26.1 Å². The van der Waals surface area contributed by atoms with Gasteiger partial charge in [0, 0.05) is 20.3 Å². The van der Waals surface area contributed by atoms with Crippen LogP contribution < -0.4 is 0 Å². The average Bonchev–Trinajstić information content (AvgIpc) is 2.04. The lowest BCUT2D eigenvalue weighted by Crippen LogP contribution is -2.37. The van der Waals surface area contributed by atoms with E-state index in [9.17, 15) is 0 Å². The third kappa shape index (κ3) is 3.27. The minimum Gasteiger partial charge on any atom is -0.427 e. The molecular weight excluding hydrogens is 171 g/mol. The predicted molar refractivity (Wildman–Crippen MR) is 49.4 cm³/mol. The number of methoxy groups -OCH3 is 1. The first-order chi connectivity index (χ1) is 6.18. The van der Waals surface area contributed by atoms with E-state index >= 15 is 0 Å². The Morgan fingerprint density at radius 2 is 2.00 bits per heavy atom. The maximum Gasteiger partial charge on any atom is 0.452 e. The molecule has 1 rings (SSSR count). The van der Waals surface area contributed by atoms with E-state index in [1.54, 1.807) is 7.11 Å². The van der Waals surface area contributed by atoms with Crippen molar-refractivity contribution in [3.63, 3.8) is 0 Å². The van der Waals surface area contributed by atoms with Crippen LogP contribution in [-0.4, -0.2) is 44.1 Å². The van der Waals surface area contributed by atoms with Crippen LogP contribution in [0.5, 0.6) is 0 Å². The van der Waals surface area contributed by atoms with Crippen LogP contribution in [0.25, 0.3) is 0 Å². The van der Waals surface area contributed by atoms with E-state index in [0.717, 1.165) is 12.8 Å². The quantitative estimate of drug-likeness (QED) is 0.605. The number of hydrogen-bond acceptors (Lipinski definition) is 4. The molecule has 1 saturated heterocycles. The van der Waals surface area contributed by atoms with Gasteiger partial charge in [0.15, 0.2) is 0 Å². The van der Waals surface area contributed by atoms with E-state index in [1.807, 2.05) is 0 Å². The van der Waals surface area contributed by atoms with Gasteiger partial charge in [-0.15, -0.1) is 0 Å². The molecule has 13 heavy (non-hydrogen) atoms. The Labute approximate surface area is 79.0 Å². The highest BCUT2D eigenvalue weighted by Gasteiger charge is 2.36. The molecule has 0 saturated carbocycles. The summed E-state index contributed by atoms with van der Waals surface area (Å²) in [5.41, 5.74) is -0.0961. The second-order valence-electron chi connectivity index (χ2n) is 3.73. The first-order valence-corrected chi connectivity index (χ1v) is 4.61. The molecule has 76 valence electrons. The smallest absolute Gasteiger partial charge is 0.427 e. The summed E-state index contributed by atoms with van der Waals surface area (Å²) in [7, 11) is 0.397. The van der Waals surface area contributed by atoms with E-state index in [-0.39, 0.29) is 5.41 Å². The molecule has 0 aromatic heterocycles. The van der Waals surface area contributed by atoms with Gasteiger partial charge in [-0.3, -0.25) is 0 Å². The van der Waals surface area contributed by atoms with Crippen molar-refractivity contribution < 1.29 is 19.5 Å². The molecule has 0 bridgehead atoms. The Morgan fingerprint density at radius 1 is 1.38 bits per heavy atom. The van der Waals surface area contributed by atoms with Gasteiger partial charge in [0.25, 0.3) is 0 Å². The molecule has 0 spiro atoms. The van der Waals surface area contributed by atoms with Gasteiger partial charge in [-0.2, -0.15) is 0 Å². The zero-order chi connectivity index (χ0) is 9.73. The SMILES string of the molecule is COCC1(CB(O)O)CCOCC1. The summed E-state index contributed by atoms with van der Waals surface area (Å²) >= 11 is 0. The third-order valence-electron chi connectivity index (χ3n) is 2.62. The van der Waals surface area contributed by atoms with Crippen molar-refractivity contribution in [3.8, 4) is 0 Å². The molecule has 0 unspecified atom stereocenters. The Hall–Kier alpha value is -0.0951. The molecule has 2 N–H and O–H groups in total. The van der Waals surface area contributed by atoms with Crippen molar-refractivity contribution in [1.29, 1.82) is 0 Å². The molecule has 0 aromatic carbocycles. The van der Waals surface area contributed by atoms with Gasteiger partial charge < -0.3 is 19.5 Å². The normalized spacial score (nSPS) is 21.5. The van der Waals surface area contributed by atoms with Crippen LogP contribution in [0.15, 0.2) is 0 Å². The second-order valence-corrected chi connectivity index (χ2v) is 3.73. The van der Waals surface area contributed by atoms with Crippen molar-refractivity contribution in [1.82, 2.24) is 0 Å². The molecule has 0 aliphatic carbocycles. The molecule has 1 aliphatic rings. The number of ether oxygens (including phenoxy) is 2. The number of rotatable bonds is 4. The lowest BCUT2D eigenvalue weighted by atomic mass is 9.65. The molecule has 0 atom stereocenters. The minimum atomic E-state index is -1.24. The van der Waals surface area contributed by atoms with Crippen LogP contribution in [0, 0.1) is 5.41 Å². The van der Waals surface area contributed by atoms with Crippen LogP contribution in [0.3, 0.4) is 0 Å². The van der Waals surface area contributed by atoms with Crippen LogP contribution in [0.1, 0.15) is 12.8 Å². The summed E-state index contributed by atoms with van der Waals surface area (Å²) in [5.74, 6) is 0. The van der Waals surface area contributed by atoms with Gasteiger partial charge >= 0.3 is 7.12 Å². The van der Waals surface area contributed by atoms with E-state index in [2.05, 4.69) is 0 Å². The monoisotopic (exact) mass is 188 g/mol. The van der Waals surface area contributed by atoms with Crippen LogP contribution in [0.2, 0.25) is 6.32 Å². The van der Waals surface area contributed by atoms with E-state index < -0.39 is 7.12 Å². The molecule has 1 aliphatic heterocycles.